The molecule has 12 heteroatoms. The molecule has 10 nitrogen and oxygen atoms in total. The minimum atomic E-state index is -0.974. The van der Waals surface area contributed by atoms with Crippen molar-refractivity contribution in [3.05, 3.63) is 65.3 Å². The number of hydrogen-bond donors (Lipinski definition) is 3. The number of carbonyl (C=O) groups excluding carboxylic acids is 2. The number of hydrogen-bond acceptors (Lipinski definition) is 6. The Balaban J connectivity index is 1.59. The van der Waals surface area contributed by atoms with Crippen molar-refractivity contribution in [1.29, 1.82) is 0 Å². The van der Waals surface area contributed by atoms with Crippen LogP contribution < -0.4 is 10.6 Å². The molecule has 2 aromatic heterocycles. The van der Waals surface area contributed by atoms with E-state index in [1.54, 1.807) is 36.8 Å². The zero-order valence-electron chi connectivity index (χ0n) is 19.4. The first-order valence-electron chi connectivity index (χ1n) is 11.0. The minimum Gasteiger partial charge on any atom is -0.481 e. The lowest BCUT2D eigenvalue weighted by Gasteiger charge is -2.28. The number of fused-ring (bicyclic) bond motifs is 1. The summed E-state index contributed by atoms with van der Waals surface area (Å²) in [5.41, 5.74) is 0.398. The summed E-state index contributed by atoms with van der Waals surface area (Å²) in [6.45, 7) is -0.209. The van der Waals surface area contributed by atoms with Crippen LogP contribution in [0.25, 0.3) is 10.8 Å². The highest BCUT2D eigenvalue weighted by atomic mass is 35.5. The van der Waals surface area contributed by atoms with Crippen molar-refractivity contribution in [2.45, 2.75) is 31.8 Å². The molecule has 3 aromatic rings. The molecule has 0 unspecified atom stereocenters. The topological polar surface area (TPSA) is 134 Å². The highest BCUT2D eigenvalue weighted by molar-refractivity contribution is 6.31. The molecule has 2 heterocycles. The largest absolute Gasteiger partial charge is 0.481 e. The molecular weight excluding hydrogens is 493 g/mol. The molecule has 0 aliphatic rings. The number of urea groups is 1. The van der Waals surface area contributed by atoms with Gasteiger partial charge in [0.25, 0.3) is 0 Å². The lowest BCUT2D eigenvalue weighted by molar-refractivity contribution is -0.137. The van der Waals surface area contributed by atoms with Crippen LogP contribution in [-0.4, -0.2) is 57.8 Å². The van der Waals surface area contributed by atoms with Gasteiger partial charge in [-0.2, -0.15) is 0 Å². The molecule has 3 amide bonds. The molecule has 1 aromatic carbocycles. The van der Waals surface area contributed by atoms with Crippen molar-refractivity contribution in [2.75, 3.05) is 19.0 Å². The van der Waals surface area contributed by atoms with Crippen molar-refractivity contribution >= 4 is 46.3 Å². The molecule has 36 heavy (non-hydrogen) atoms. The van der Waals surface area contributed by atoms with Crippen LogP contribution in [0.1, 0.15) is 24.8 Å². The molecule has 0 saturated heterocycles. The first-order valence-corrected chi connectivity index (χ1v) is 11.4. The third-order valence-electron chi connectivity index (χ3n) is 5.42. The van der Waals surface area contributed by atoms with E-state index in [0.29, 0.717) is 5.56 Å². The van der Waals surface area contributed by atoms with E-state index < -0.39 is 30.0 Å². The second-order valence-corrected chi connectivity index (χ2v) is 8.32. The number of anilines is 1. The maximum absolute atomic E-state index is 13.6. The molecule has 0 spiro atoms. The van der Waals surface area contributed by atoms with Crippen LogP contribution in [0.5, 0.6) is 0 Å². The first kappa shape index (κ1) is 26.6. The van der Waals surface area contributed by atoms with Gasteiger partial charge >= 0.3 is 18.1 Å². The number of nitrogens with zero attached hydrogens (tertiary/aromatic N) is 3. The van der Waals surface area contributed by atoms with Gasteiger partial charge in [0.2, 0.25) is 0 Å². The number of rotatable bonds is 10. The van der Waals surface area contributed by atoms with Crippen LogP contribution in [0.2, 0.25) is 5.02 Å². The van der Waals surface area contributed by atoms with Crippen molar-refractivity contribution in [1.82, 2.24) is 20.2 Å². The molecule has 1 atom stereocenters. The van der Waals surface area contributed by atoms with Gasteiger partial charge in [-0.1, -0.05) is 23.7 Å². The van der Waals surface area contributed by atoms with E-state index >= 15 is 0 Å². The number of ether oxygens (including phenoxy) is 1. The molecule has 0 fully saturated rings. The summed E-state index contributed by atoms with van der Waals surface area (Å²) in [6, 6.07) is 6.58. The lowest BCUT2D eigenvalue weighted by Crippen LogP contribution is -2.46. The Hall–Kier alpha value is -3.99. The summed E-state index contributed by atoms with van der Waals surface area (Å²) in [7, 11) is 1.49. The van der Waals surface area contributed by atoms with E-state index in [1.807, 2.05) is 0 Å². The van der Waals surface area contributed by atoms with Gasteiger partial charge < -0.3 is 20.1 Å². The maximum Gasteiger partial charge on any atom is 0.412 e. The smallest absolute Gasteiger partial charge is 0.412 e. The SMILES string of the molecule is CN(C(=O)NCc1cccc(F)c1Cl)[C@@H](CCCC(=O)O)COC(=O)Nc1cc2ccncc2cn1. The quantitative estimate of drug-likeness (QED) is 0.362. The maximum atomic E-state index is 13.6. The van der Waals surface area contributed by atoms with Crippen molar-refractivity contribution in [3.63, 3.8) is 0 Å². The molecule has 0 bridgehead atoms. The summed E-state index contributed by atoms with van der Waals surface area (Å²) < 4.78 is 18.9. The highest BCUT2D eigenvalue weighted by Crippen LogP contribution is 2.20. The highest BCUT2D eigenvalue weighted by Gasteiger charge is 2.22. The zero-order valence-corrected chi connectivity index (χ0v) is 20.2. The Morgan fingerprint density at radius 3 is 2.81 bits per heavy atom. The predicted molar refractivity (Wildman–Crippen MR) is 131 cm³/mol. The third-order valence-corrected chi connectivity index (χ3v) is 5.84. The van der Waals surface area contributed by atoms with E-state index in [1.165, 1.54) is 24.1 Å². The average Bonchev–Trinajstić information content (AvgIpc) is 2.86. The van der Waals surface area contributed by atoms with Crippen molar-refractivity contribution in [3.8, 4) is 0 Å². The number of nitrogens with one attached hydrogen (secondary N) is 2. The van der Waals surface area contributed by atoms with E-state index in [4.69, 9.17) is 21.4 Å². The van der Waals surface area contributed by atoms with Crippen LogP contribution in [0.3, 0.4) is 0 Å². The molecule has 0 radical (unpaired) electrons. The summed E-state index contributed by atoms with van der Waals surface area (Å²) in [5, 5.41) is 15.7. The number of carbonyl (C=O) groups is 3. The van der Waals surface area contributed by atoms with Gasteiger partial charge in [-0.15, -0.1) is 0 Å². The fourth-order valence-electron chi connectivity index (χ4n) is 3.39. The van der Waals surface area contributed by atoms with Crippen LogP contribution in [0.4, 0.5) is 19.8 Å². The van der Waals surface area contributed by atoms with Gasteiger partial charge in [0.15, 0.2) is 0 Å². The van der Waals surface area contributed by atoms with Crippen LogP contribution >= 0.6 is 11.6 Å². The standard InChI is InChI=1S/C24H25ClFN5O5/c1-31(23(34)29-12-16-4-2-6-19(26)22(16)25)18(5-3-7-21(32)33)14-36-24(35)30-20-10-15-8-9-27-11-17(15)13-28-20/h2,4,6,8-11,13,18H,3,5,7,12,14H2,1H3,(H,29,34)(H,32,33)(H,28,30,35)/t18-/m0/s1. The average molecular weight is 518 g/mol. The van der Waals surface area contributed by atoms with Crippen LogP contribution in [0.15, 0.2) is 48.9 Å². The van der Waals surface area contributed by atoms with E-state index in [-0.39, 0.29) is 43.3 Å². The van der Waals surface area contributed by atoms with Crippen LogP contribution in [0, 0.1) is 5.82 Å². The van der Waals surface area contributed by atoms with Gasteiger partial charge in [-0.05, 0) is 42.0 Å². The zero-order chi connectivity index (χ0) is 26.1. The Bertz CT molecular complexity index is 1240. The van der Waals surface area contributed by atoms with Crippen molar-refractivity contribution < 1.29 is 28.6 Å². The normalized spacial score (nSPS) is 11.5. The summed E-state index contributed by atoms with van der Waals surface area (Å²) in [5.74, 6) is -1.29. The molecule has 3 N–H and O–H groups in total. The number of carboxylic acid groups (broad SMARTS) is 1. The molecule has 190 valence electrons. The second-order valence-electron chi connectivity index (χ2n) is 7.94. The van der Waals surface area contributed by atoms with Gasteiger partial charge in [-0.3, -0.25) is 15.1 Å². The summed E-state index contributed by atoms with van der Waals surface area (Å²) in [4.78, 5) is 45.4. The summed E-state index contributed by atoms with van der Waals surface area (Å²) in [6.07, 6.45) is 4.48. The number of aromatic nitrogens is 2. The number of carboxylic acids is 1. The molecule has 0 aliphatic heterocycles. The fourth-order valence-corrected chi connectivity index (χ4v) is 3.58. The number of pyridine rings is 2. The fraction of sp³-hybridized carbons (Fsp3) is 0.292. The lowest BCUT2D eigenvalue weighted by atomic mass is 10.1. The number of likely N-dealkylation sites (N-methyl/N-ethyl adjacent to an activating group) is 1. The Morgan fingerprint density at radius 1 is 1.22 bits per heavy atom. The molecule has 3 rings (SSSR count). The first-order chi connectivity index (χ1) is 17.2. The summed E-state index contributed by atoms with van der Waals surface area (Å²) >= 11 is 5.93. The number of halogens is 2. The molecule has 0 aliphatic carbocycles. The Labute approximate surface area is 211 Å². The van der Waals surface area contributed by atoms with Gasteiger partial charge in [-0.25, -0.2) is 19.0 Å². The van der Waals surface area contributed by atoms with E-state index in [0.717, 1.165) is 10.8 Å². The van der Waals surface area contributed by atoms with E-state index in [9.17, 15) is 18.8 Å². The van der Waals surface area contributed by atoms with Gasteiger partial charge in [0.1, 0.15) is 18.2 Å². The van der Waals surface area contributed by atoms with E-state index in [2.05, 4.69) is 20.6 Å². The predicted octanol–water partition coefficient (Wildman–Crippen LogP) is 4.44. The van der Waals surface area contributed by atoms with Crippen LogP contribution in [-0.2, 0) is 16.1 Å². The van der Waals surface area contributed by atoms with Crippen molar-refractivity contribution in [2.24, 2.45) is 0 Å². The minimum absolute atomic E-state index is 0.0217. The number of benzene rings is 1. The monoisotopic (exact) mass is 517 g/mol. The number of aliphatic carboxylic acids is 1. The molecule has 0 saturated carbocycles. The Morgan fingerprint density at radius 2 is 2.03 bits per heavy atom. The molecular formula is C24H25ClFN5O5. The second kappa shape index (κ2) is 12.6. The third kappa shape index (κ3) is 7.51. The number of amides is 3. The Kier molecular flexibility index (Phi) is 9.34. The van der Waals surface area contributed by atoms with Gasteiger partial charge in [0.05, 0.1) is 11.1 Å². The van der Waals surface area contributed by atoms with Gasteiger partial charge in [0, 0.05) is 44.0 Å².